The van der Waals surface area contributed by atoms with Crippen LogP contribution < -0.4 is 0 Å². The minimum absolute atomic E-state index is 0.246. The molecule has 2 aliphatic rings. The van der Waals surface area contributed by atoms with E-state index in [1.807, 2.05) is 0 Å². The topological polar surface area (TPSA) is 40.5 Å². The number of nitrogens with zero attached hydrogens (tertiary/aromatic N) is 1. The maximum atomic E-state index is 11.0. The Morgan fingerprint density at radius 1 is 1.06 bits per heavy atom. The van der Waals surface area contributed by atoms with Gasteiger partial charge in [-0.2, -0.15) is 0 Å². The van der Waals surface area contributed by atoms with Crippen LogP contribution in [0, 0.1) is 11.3 Å². The molecule has 0 aromatic rings. The Hall–Kier alpha value is -0.570. The maximum Gasteiger partial charge on any atom is 0.317 e. The third-order valence-electron chi connectivity index (χ3n) is 4.72. The van der Waals surface area contributed by atoms with Crippen LogP contribution in [0.25, 0.3) is 0 Å². The van der Waals surface area contributed by atoms with Gasteiger partial charge >= 0.3 is 5.97 Å². The molecule has 0 heterocycles. The van der Waals surface area contributed by atoms with Gasteiger partial charge in [0, 0.05) is 12.1 Å². The van der Waals surface area contributed by atoms with Gasteiger partial charge in [-0.1, -0.05) is 20.8 Å². The van der Waals surface area contributed by atoms with Crippen LogP contribution in [0.4, 0.5) is 0 Å². The summed E-state index contributed by atoms with van der Waals surface area (Å²) < 4.78 is 0. The van der Waals surface area contributed by atoms with Crippen molar-refractivity contribution in [2.75, 3.05) is 6.54 Å². The van der Waals surface area contributed by atoms with Gasteiger partial charge in [-0.3, -0.25) is 9.69 Å². The largest absolute Gasteiger partial charge is 0.480 e. The van der Waals surface area contributed by atoms with E-state index >= 15 is 0 Å². The molecule has 0 aromatic heterocycles. The summed E-state index contributed by atoms with van der Waals surface area (Å²) in [4.78, 5) is 13.2. The smallest absolute Gasteiger partial charge is 0.317 e. The van der Waals surface area contributed by atoms with Gasteiger partial charge in [0.05, 0.1) is 6.54 Å². The lowest BCUT2D eigenvalue weighted by Gasteiger charge is -2.40. The molecule has 2 aliphatic carbocycles. The number of carboxylic acids is 1. The Morgan fingerprint density at radius 3 is 1.83 bits per heavy atom. The van der Waals surface area contributed by atoms with E-state index in [-0.39, 0.29) is 6.54 Å². The van der Waals surface area contributed by atoms with Gasteiger partial charge in [-0.05, 0) is 49.9 Å². The van der Waals surface area contributed by atoms with Gasteiger partial charge in [-0.15, -0.1) is 0 Å². The molecule has 0 radical (unpaired) electrons. The van der Waals surface area contributed by atoms with Crippen LogP contribution in [0.15, 0.2) is 0 Å². The first-order valence-electron chi connectivity index (χ1n) is 7.35. The number of hydrogen-bond acceptors (Lipinski definition) is 2. The zero-order valence-corrected chi connectivity index (χ0v) is 12.0. The minimum Gasteiger partial charge on any atom is -0.480 e. The first-order valence-corrected chi connectivity index (χ1v) is 7.35. The van der Waals surface area contributed by atoms with Gasteiger partial charge in [0.25, 0.3) is 0 Å². The predicted molar refractivity (Wildman–Crippen MR) is 72.6 cm³/mol. The second-order valence-corrected chi connectivity index (χ2v) is 7.17. The fraction of sp³-hybridized carbons (Fsp3) is 0.933. The molecule has 18 heavy (non-hydrogen) atoms. The maximum absolute atomic E-state index is 11.0. The molecule has 0 aromatic carbocycles. The highest BCUT2D eigenvalue weighted by Gasteiger charge is 2.38. The third kappa shape index (κ3) is 3.47. The normalized spacial score (nSPS) is 29.6. The zero-order valence-electron chi connectivity index (χ0n) is 12.0. The molecular formula is C15H27NO2. The molecule has 2 saturated carbocycles. The zero-order chi connectivity index (χ0) is 13.3. The lowest BCUT2D eigenvalue weighted by atomic mass is 9.71. The second kappa shape index (κ2) is 5.20. The summed E-state index contributed by atoms with van der Waals surface area (Å²) in [7, 11) is 0. The van der Waals surface area contributed by atoms with Crippen molar-refractivity contribution in [1.82, 2.24) is 4.90 Å². The summed E-state index contributed by atoms with van der Waals surface area (Å²) in [6.45, 7) is 7.23. The Morgan fingerprint density at radius 2 is 1.50 bits per heavy atom. The SMILES string of the molecule is CC(C)(C)C1CCC(N(CC(=O)O)C2CC2)CC1. The van der Waals surface area contributed by atoms with Gasteiger partial charge in [0.15, 0.2) is 0 Å². The van der Waals surface area contributed by atoms with Crippen LogP contribution in [-0.2, 0) is 4.79 Å². The molecule has 104 valence electrons. The van der Waals surface area contributed by atoms with Crippen LogP contribution in [-0.4, -0.2) is 34.6 Å². The van der Waals surface area contributed by atoms with Crippen LogP contribution in [0.2, 0.25) is 0 Å². The average molecular weight is 253 g/mol. The fourth-order valence-electron chi connectivity index (χ4n) is 3.39. The number of aliphatic carboxylic acids is 1. The van der Waals surface area contributed by atoms with Crippen molar-refractivity contribution in [3.63, 3.8) is 0 Å². The summed E-state index contributed by atoms with van der Waals surface area (Å²) in [5.41, 5.74) is 0.405. The molecule has 2 fully saturated rings. The molecule has 1 N–H and O–H groups in total. The average Bonchev–Trinajstić information content (AvgIpc) is 3.08. The summed E-state index contributed by atoms with van der Waals surface area (Å²) >= 11 is 0. The second-order valence-electron chi connectivity index (χ2n) is 7.17. The Kier molecular flexibility index (Phi) is 4.00. The quantitative estimate of drug-likeness (QED) is 0.836. The van der Waals surface area contributed by atoms with Crippen molar-refractivity contribution < 1.29 is 9.90 Å². The molecule has 3 nitrogen and oxygen atoms in total. The summed E-state index contributed by atoms with van der Waals surface area (Å²) in [5, 5.41) is 9.03. The molecule has 0 atom stereocenters. The molecule has 3 heteroatoms. The van der Waals surface area contributed by atoms with E-state index in [0.29, 0.717) is 17.5 Å². The van der Waals surface area contributed by atoms with E-state index in [2.05, 4.69) is 25.7 Å². The van der Waals surface area contributed by atoms with Crippen molar-refractivity contribution in [3.05, 3.63) is 0 Å². The molecule has 0 unspecified atom stereocenters. The predicted octanol–water partition coefficient (Wildman–Crippen LogP) is 3.14. The molecule has 0 saturated heterocycles. The van der Waals surface area contributed by atoms with E-state index in [1.54, 1.807) is 0 Å². The molecule has 0 amide bonds. The van der Waals surface area contributed by atoms with Gasteiger partial charge in [-0.25, -0.2) is 0 Å². The third-order valence-corrected chi connectivity index (χ3v) is 4.72. The van der Waals surface area contributed by atoms with Crippen LogP contribution >= 0.6 is 0 Å². The van der Waals surface area contributed by atoms with Crippen molar-refractivity contribution >= 4 is 5.97 Å². The van der Waals surface area contributed by atoms with Crippen LogP contribution in [0.1, 0.15) is 59.3 Å². The first kappa shape index (κ1) is 13.9. The molecule has 0 bridgehead atoms. The van der Waals surface area contributed by atoms with Crippen molar-refractivity contribution in [3.8, 4) is 0 Å². The molecule has 2 rings (SSSR count). The van der Waals surface area contributed by atoms with E-state index < -0.39 is 5.97 Å². The number of hydrogen-bond donors (Lipinski definition) is 1. The summed E-state index contributed by atoms with van der Waals surface area (Å²) in [6, 6.07) is 1.09. The number of carbonyl (C=O) groups is 1. The molecular weight excluding hydrogens is 226 g/mol. The molecule has 0 spiro atoms. The standard InChI is InChI=1S/C15H27NO2/c1-15(2,3)11-4-6-12(7-5-11)16(10-14(17)18)13-8-9-13/h11-13H,4-10H2,1-3H3,(H,17,18). The highest BCUT2D eigenvalue weighted by molar-refractivity contribution is 5.69. The Labute approximate surface area is 111 Å². The first-order chi connectivity index (χ1) is 8.38. The van der Waals surface area contributed by atoms with Crippen molar-refractivity contribution in [2.24, 2.45) is 11.3 Å². The Balaban J connectivity index is 1.89. The number of rotatable bonds is 4. The van der Waals surface area contributed by atoms with Crippen molar-refractivity contribution in [1.29, 1.82) is 0 Å². The van der Waals surface area contributed by atoms with E-state index in [4.69, 9.17) is 5.11 Å². The van der Waals surface area contributed by atoms with Crippen molar-refractivity contribution in [2.45, 2.75) is 71.4 Å². The Bertz CT molecular complexity index is 296. The highest BCUT2D eigenvalue weighted by atomic mass is 16.4. The van der Waals surface area contributed by atoms with Crippen LogP contribution in [0.5, 0.6) is 0 Å². The monoisotopic (exact) mass is 253 g/mol. The molecule has 0 aliphatic heterocycles. The van der Waals surface area contributed by atoms with E-state index in [1.165, 1.54) is 38.5 Å². The minimum atomic E-state index is -0.667. The fourth-order valence-corrected chi connectivity index (χ4v) is 3.39. The lowest BCUT2D eigenvalue weighted by molar-refractivity contribution is -0.139. The summed E-state index contributed by atoms with van der Waals surface area (Å²) in [6.07, 6.45) is 7.30. The van der Waals surface area contributed by atoms with E-state index in [9.17, 15) is 4.79 Å². The van der Waals surface area contributed by atoms with E-state index in [0.717, 1.165) is 5.92 Å². The van der Waals surface area contributed by atoms with Crippen LogP contribution in [0.3, 0.4) is 0 Å². The van der Waals surface area contributed by atoms with Gasteiger partial charge < -0.3 is 5.11 Å². The van der Waals surface area contributed by atoms with Gasteiger partial charge in [0.2, 0.25) is 0 Å². The van der Waals surface area contributed by atoms with Gasteiger partial charge in [0.1, 0.15) is 0 Å². The lowest BCUT2D eigenvalue weighted by Crippen LogP contribution is -2.43. The summed E-state index contributed by atoms with van der Waals surface area (Å²) in [5.74, 6) is 0.138. The highest BCUT2D eigenvalue weighted by Crippen LogP contribution is 2.41. The number of carboxylic acid groups (broad SMARTS) is 1.